The summed E-state index contributed by atoms with van der Waals surface area (Å²) >= 11 is 0. The maximum atomic E-state index is 12.5. The molecular weight excluding hydrogens is 314 g/mol. The predicted molar refractivity (Wildman–Crippen MR) is 93.2 cm³/mol. The van der Waals surface area contributed by atoms with Gasteiger partial charge in [-0.25, -0.2) is 0 Å². The lowest BCUT2D eigenvalue weighted by Crippen LogP contribution is -2.42. The average molecular weight is 338 g/mol. The van der Waals surface area contributed by atoms with Crippen molar-refractivity contribution in [1.29, 1.82) is 0 Å². The minimum absolute atomic E-state index is 0. The smallest absolute Gasteiger partial charge is 0.251 e. The third-order valence-electron chi connectivity index (χ3n) is 4.38. The van der Waals surface area contributed by atoms with E-state index in [2.05, 4.69) is 10.6 Å². The molecule has 2 amide bonds. The van der Waals surface area contributed by atoms with Crippen molar-refractivity contribution in [3.8, 4) is 0 Å². The summed E-state index contributed by atoms with van der Waals surface area (Å²) in [5.74, 6) is 0.155. The first-order valence-electron chi connectivity index (χ1n) is 8.09. The van der Waals surface area contributed by atoms with Crippen molar-refractivity contribution in [2.75, 3.05) is 25.0 Å². The molecule has 0 spiro atoms. The topological polar surface area (TPSA) is 61.4 Å². The van der Waals surface area contributed by atoms with Gasteiger partial charge in [-0.2, -0.15) is 0 Å². The first-order chi connectivity index (χ1) is 10.6. The van der Waals surface area contributed by atoms with Crippen LogP contribution < -0.4 is 10.6 Å². The Balaban J connectivity index is 0.00000192. The van der Waals surface area contributed by atoms with Gasteiger partial charge in [0.05, 0.1) is 0 Å². The summed E-state index contributed by atoms with van der Waals surface area (Å²) in [4.78, 5) is 26.0. The summed E-state index contributed by atoms with van der Waals surface area (Å²) in [5.41, 5.74) is 2.93. The number of amides is 2. The third-order valence-corrected chi connectivity index (χ3v) is 4.38. The van der Waals surface area contributed by atoms with Gasteiger partial charge in [0.15, 0.2) is 0 Å². The number of rotatable bonds is 4. The molecule has 2 aliphatic heterocycles. The number of anilines is 1. The van der Waals surface area contributed by atoms with Crippen molar-refractivity contribution < 1.29 is 9.59 Å². The molecular formula is C17H24ClN3O2. The molecule has 6 heteroatoms. The second-order valence-corrected chi connectivity index (χ2v) is 6.18. The van der Waals surface area contributed by atoms with Crippen LogP contribution in [0.25, 0.3) is 0 Å². The quantitative estimate of drug-likeness (QED) is 0.885. The maximum Gasteiger partial charge on any atom is 0.251 e. The molecule has 2 heterocycles. The Hall–Kier alpha value is -1.75. The van der Waals surface area contributed by atoms with Crippen molar-refractivity contribution in [3.05, 3.63) is 29.3 Å². The van der Waals surface area contributed by atoms with Crippen molar-refractivity contribution in [2.24, 2.45) is 0 Å². The van der Waals surface area contributed by atoms with Crippen LogP contribution in [-0.2, 0) is 11.2 Å². The Morgan fingerprint density at radius 2 is 2.17 bits per heavy atom. The highest BCUT2D eigenvalue weighted by Gasteiger charge is 2.23. The minimum atomic E-state index is -0.0419. The van der Waals surface area contributed by atoms with Crippen LogP contribution in [0.3, 0.4) is 0 Å². The van der Waals surface area contributed by atoms with Gasteiger partial charge in [0.1, 0.15) is 0 Å². The molecule has 1 aromatic rings. The highest BCUT2D eigenvalue weighted by Crippen LogP contribution is 2.25. The molecule has 5 nitrogen and oxygen atoms in total. The molecule has 23 heavy (non-hydrogen) atoms. The van der Waals surface area contributed by atoms with E-state index in [-0.39, 0.29) is 30.3 Å². The SMILES string of the molecule is CC(CN1CCCC1=O)NC(=O)c1cccc2c1CCCN2.Cl. The molecule has 0 bridgehead atoms. The number of likely N-dealkylation sites (tertiary alicyclic amines) is 1. The van der Waals surface area contributed by atoms with E-state index >= 15 is 0 Å². The zero-order valence-electron chi connectivity index (χ0n) is 13.4. The normalized spacial score (nSPS) is 17.8. The zero-order chi connectivity index (χ0) is 15.5. The van der Waals surface area contributed by atoms with Crippen LogP contribution in [0.1, 0.15) is 42.1 Å². The second kappa shape index (κ2) is 7.68. The van der Waals surface area contributed by atoms with E-state index in [0.717, 1.165) is 49.2 Å². The molecule has 126 valence electrons. The summed E-state index contributed by atoms with van der Waals surface area (Å²) in [7, 11) is 0. The number of halogens is 1. The molecule has 1 fully saturated rings. The van der Waals surface area contributed by atoms with Crippen molar-refractivity contribution in [1.82, 2.24) is 10.2 Å². The third kappa shape index (κ3) is 3.96. The fraction of sp³-hybridized carbons (Fsp3) is 0.529. The Bertz CT molecular complexity index is 591. The Morgan fingerprint density at radius 1 is 1.35 bits per heavy atom. The molecule has 2 aliphatic rings. The zero-order valence-corrected chi connectivity index (χ0v) is 14.2. The minimum Gasteiger partial charge on any atom is -0.385 e. The Kier molecular flexibility index (Phi) is 5.88. The van der Waals surface area contributed by atoms with Crippen LogP contribution >= 0.6 is 12.4 Å². The molecule has 3 rings (SSSR count). The predicted octanol–water partition coefficient (Wildman–Crippen LogP) is 2.21. The summed E-state index contributed by atoms with van der Waals surface area (Å²) in [6.45, 7) is 4.32. The number of fused-ring (bicyclic) bond motifs is 1. The van der Waals surface area contributed by atoms with Crippen LogP contribution in [-0.4, -0.2) is 42.4 Å². The largest absolute Gasteiger partial charge is 0.385 e. The van der Waals surface area contributed by atoms with Gasteiger partial charge in [-0.3, -0.25) is 9.59 Å². The number of carbonyl (C=O) groups excluding carboxylic acids is 2. The van der Waals surface area contributed by atoms with Crippen LogP contribution in [0.5, 0.6) is 0 Å². The first-order valence-corrected chi connectivity index (χ1v) is 8.09. The number of hydrogen-bond donors (Lipinski definition) is 2. The fourth-order valence-corrected chi connectivity index (χ4v) is 3.30. The van der Waals surface area contributed by atoms with E-state index in [1.54, 1.807) is 0 Å². The van der Waals surface area contributed by atoms with Crippen molar-refractivity contribution >= 4 is 29.9 Å². The summed E-state index contributed by atoms with van der Waals surface area (Å²) in [6, 6.07) is 5.79. The molecule has 0 aliphatic carbocycles. The fourth-order valence-electron chi connectivity index (χ4n) is 3.30. The molecule has 0 radical (unpaired) electrons. The summed E-state index contributed by atoms with van der Waals surface area (Å²) in [5, 5.41) is 6.38. The highest BCUT2D eigenvalue weighted by molar-refractivity contribution is 5.97. The van der Waals surface area contributed by atoms with Crippen LogP contribution in [0.4, 0.5) is 5.69 Å². The van der Waals surface area contributed by atoms with Gasteiger partial charge in [-0.15, -0.1) is 12.4 Å². The number of nitrogens with zero attached hydrogens (tertiary/aromatic N) is 1. The number of carbonyl (C=O) groups is 2. The van der Waals surface area contributed by atoms with Crippen molar-refractivity contribution in [3.63, 3.8) is 0 Å². The number of hydrogen-bond acceptors (Lipinski definition) is 3. The molecule has 1 saturated heterocycles. The van der Waals surface area contributed by atoms with E-state index < -0.39 is 0 Å². The van der Waals surface area contributed by atoms with Gasteiger partial charge < -0.3 is 15.5 Å². The number of nitrogens with one attached hydrogen (secondary N) is 2. The van der Waals surface area contributed by atoms with Gasteiger partial charge in [-0.05, 0) is 43.9 Å². The van der Waals surface area contributed by atoms with E-state index in [1.807, 2.05) is 30.0 Å². The van der Waals surface area contributed by atoms with Crippen LogP contribution in [0, 0.1) is 0 Å². The summed E-state index contributed by atoms with van der Waals surface area (Å²) < 4.78 is 0. The van der Waals surface area contributed by atoms with Gasteiger partial charge in [0.25, 0.3) is 5.91 Å². The second-order valence-electron chi connectivity index (χ2n) is 6.18. The van der Waals surface area contributed by atoms with E-state index in [9.17, 15) is 9.59 Å². The van der Waals surface area contributed by atoms with Crippen LogP contribution in [0.15, 0.2) is 18.2 Å². The molecule has 0 aromatic heterocycles. The average Bonchev–Trinajstić information content (AvgIpc) is 2.91. The molecule has 1 aromatic carbocycles. The summed E-state index contributed by atoms with van der Waals surface area (Å²) in [6.07, 6.45) is 3.55. The van der Waals surface area contributed by atoms with Gasteiger partial charge >= 0.3 is 0 Å². The van der Waals surface area contributed by atoms with Gasteiger partial charge in [0, 0.05) is 43.3 Å². The lowest BCUT2D eigenvalue weighted by Gasteiger charge is -2.24. The van der Waals surface area contributed by atoms with E-state index in [4.69, 9.17) is 0 Å². The molecule has 2 N–H and O–H groups in total. The Morgan fingerprint density at radius 3 is 2.91 bits per heavy atom. The lowest BCUT2D eigenvalue weighted by molar-refractivity contribution is -0.127. The molecule has 1 unspecified atom stereocenters. The van der Waals surface area contributed by atoms with Crippen LogP contribution in [0.2, 0.25) is 0 Å². The molecule has 0 saturated carbocycles. The van der Waals surface area contributed by atoms with E-state index in [1.165, 1.54) is 0 Å². The lowest BCUT2D eigenvalue weighted by atomic mass is 9.97. The first kappa shape index (κ1) is 17.6. The molecule has 1 atom stereocenters. The monoisotopic (exact) mass is 337 g/mol. The Labute approximate surface area is 143 Å². The maximum absolute atomic E-state index is 12.5. The van der Waals surface area contributed by atoms with Gasteiger partial charge in [-0.1, -0.05) is 6.07 Å². The van der Waals surface area contributed by atoms with E-state index in [0.29, 0.717) is 13.0 Å². The standard InChI is InChI=1S/C17H23N3O2.ClH/c1-12(11-20-10-4-8-16(20)21)19-17(22)14-5-2-7-15-13(14)6-3-9-18-15;/h2,5,7,12,18H,3-4,6,8-11H2,1H3,(H,19,22);1H. The van der Waals surface area contributed by atoms with Gasteiger partial charge in [0.2, 0.25) is 5.91 Å². The highest BCUT2D eigenvalue weighted by atomic mass is 35.5. The number of benzene rings is 1. The van der Waals surface area contributed by atoms with Crippen molar-refractivity contribution in [2.45, 2.75) is 38.6 Å².